The van der Waals surface area contributed by atoms with Gasteiger partial charge in [-0.1, -0.05) is 0 Å². The fraction of sp³-hybridized carbons (Fsp3) is 0.375. The van der Waals surface area contributed by atoms with Gasteiger partial charge in [0.05, 0.1) is 5.69 Å². The fourth-order valence-electron chi connectivity index (χ4n) is 1.08. The molecule has 1 aromatic rings. The Morgan fingerprint density at radius 2 is 2.27 bits per heavy atom. The summed E-state index contributed by atoms with van der Waals surface area (Å²) in [7, 11) is 0. The summed E-state index contributed by atoms with van der Waals surface area (Å²) in [5, 5.41) is 0. The number of rotatable bonds is 1. The second kappa shape index (κ2) is 2.55. The molecule has 0 radical (unpaired) electrons. The van der Waals surface area contributed by atoms with Gasteiger partial charge in [0.2, 0.25) is 0 Å². The van der Waals surface area contributed by atoms with Gasteiger partial charge in [-0.25, -0.2) is 4.39 Å². The van der Waals surface area contributed by atoms with Crippen LogP contribution in [0.4, 0.5) is 4.39 Å². The topological polar surface area (TPSA) is 12.9 Å². The highest BCUT2D eigenvalue weighted by Gasteiger charge is 2.27. The van der Waals surface area contributed by atoms with Crippen molar-refractivity contribution in [2.75, 3.05) is 0 Å². The number of hydrogen-bond donors (Lipinski definition) is 0. The monoisotopic (exact) mass is 215 g/mol. The molecule has 1 saturated carbocycles. The Morgan fingerprint density at radius 1 is 1.55 bits per heavy atom. The summed E-state index contributed by atoms with van der Waals surface area (Å²) in [6, 6.07) is 1.47. The van der Waals surface area contributed by atoms with E-state index in [1.165, 1.54) is 6.07 Å². The molecule has 1 aliphatic carbocycles. The van der Waals surface area contributed by atoms with E-state index in [0.29, 0.717) is 16.1 Å². The van der Waals surface area contributed by atoms with E-state index in [1.807, 2.05) is 0 Å². The van der Waals surface area contributed by atoms with Crippen molar-refractivity contribution in [3.8, 4) is 0 Å². The average Bonchev–Trinajstić information content (AvgIpc) is 2.70. The highest BCUT2D eigenvalue weighted by Crippen LogP contribution is 2.40. The lowest BCUT2D eigenvalue weighted by Gasteiger charge is -1.98. The zero-order valence-electron chi connectivity index (χ0n) is 5.85. The third-order valence-corrected chi connectivity index (χ3v) is 2.23. The maximum absolute atomic E-state index is 13.0. The molecule has 1 nitrogen and oxygen atoms in total. The molecule has 0 spiro atoms. The highest BCUT2D eigenvalue weighted by molar-refractivity contribution is 9.10. The summed E-state index contributed by atoms with van der Waals surface area (Å²) in [5.74, 6) is 0.213. The van der Waals surface area contributed by atoms with E-state index < -0.39 is 0 Å². The van der Waals surface area contributed by atoms with Crippen molar-refractivity contribution in [1.29, 1.82) is 0 Å². The van der Waals surface area contributed by atoms with E-state index in [-0.39, 0.29) is 5.82 Å². The van der Waals surface area contributed by atoms with E-state index in [0.717, 1.165) is 12.8 Å². The second-order valence-electron chi connectivity index (χ2n) is 2.79. The van der Waals surface area contributed by atoms with Crippen LogP contribution < -0.4 is 0 Å². The number of hydrogen-bond acceptors (Lipinski definition) is 1. The lowest BCUT2D eigenvalue weighted by atomic mass is 10.2. The van der Waals surface area contributed by atoms with Gasteiger partial charge in [-0.15, -0.1) is 0 Å². The molecule has 1 fully saturated rings. The summed E-state index contributed by atoms with van der Waals surface area (Å²) in [4.78, 5) is 4.02. The van der Waals surface area contributed by atoms with Crippen LogP contribution in [0.25, 0.3) is 0 Å². The van der Waals surface area contributed by atoms with Crippen molar-refractivity contribution in [3.63, 3.8) is 0 Å². The molecule has 2 rings (SSSR count). The zero-order valence-corrected chi connectivity index (χ0v) is 7.44. The first-order chi connectivity index (χ1) is 5.27. The largest absolute Gasteiger partial charge is 0.257 e. The van der Waals surface area contributed by atoms with Gasteiger partial charge in [-0.05, 0) is 34.8 Å². The Bertz CT molecular complexity index is 283. The first-order valence-corrected chi connectivity index (χ1v) is 4.37. The van der Waals surface area contributed by atoms with Crippen LogP contribution in [0.15, 0.2) is 16.7 Å². The molecule has 0 unspecified atom stereocenters. The average molecular weight is 216 g/mol. The van der Waals surface area contributed by atoms with Crippen LogP contribution in [0.1, 0.15) is 24.5 Å². The van der Waals surface area contributed by atoms with Gasteiger partial charge in [0, 0.05) is 16.6 Å². The molecule has 0 saturated heterocycles. The van der Waals surface area contributed by atoms with Gasteiger partial charge in [0.25, 0.3) is 0 Å². The van der Waals surface area contributed by atoms with Crippen molar-refractivity contribution in [2.45, 2.75) is 18.8 Å². The van der Waals surface area contributed by atoms with Crippen molar-refractivity contribution < 1.29 is 4.39 Å². The lowest BCUT2D eigenvalue weighted by molar-refractivity contribution is 0.599. The van der Waals surface area contributed by atoms with Crippen molar-refractivity contribution in [3.05, 3.63) is 28.2 Å². The first kappa shape index (κ1) is 7.22. The molecule has 1 heterocycles. The maximum Gasteiger partial charge on any atom is 0.146 e. The van der Waals surface area contributed by atoms with Gasteiger partial charge < -0.3 is 0 Å². The van der Waals surface area contributed by atoms with E-state index in [9.17, 15) is 4.39 Å². The van der Waals surface area contributed by atoms with Crippen LogP contribution in [0, 0.1) is 5.82 Å². The smallest absolute Gasteiger partial charge is 0.146 e. The molecule has 11 heavy (non-hydrogen) atoms. The summed E-state index contributed by atoms with van der Waals surface area (Å²) in [6.45, 7) is 0. The molecule has 0 amide bonds. The van der Waals surface area contributed by atoms with Gasteiger partial charge in [0.15, 0.2) is 0 Å². The second-order valence-corrected chi connectivity index (χ2v) is 3.71. The van der Waals surface area contributed by atoms with Crippen LogP contribution in [0.5, 0.6) is 0 Å². The van der Waals surface area contributed by atoms with E-state index in [1.54, 1.807) is 6.20 Å². The molecule has 3 heteroatoms. The van der Waals surface area contributed by atoms with E-state index >= 15 is 0 Å². The van der Waals surface area contributed by atoms with Gasteiger partial charge in [0.1, 0.15) is 5.82 Å². The maximum atomic E-state index is 13.0. The summed E-state index contributed by atoms with van der Waals surface area (Å²) >= 11 is 3.16. The standard InChI is InChI=1S/C8H7BrFN/c9-6-3-7(10)8(11-4-6)5-1-2-5/h3-5H,1-2H2. The first-order valence-electron chi connectivity index (χ1n) is 3.58. The molecule has 0 atom stereocenters. The van der Waals surface area contributed by atoms with Gasteiger partial charge in [-0.2, -0.15) is 0 Å². The molecule has 1 aromatic heterocycles. The third kappa shape index (κ3) is 1.43. The third-order valence-electron chi connectivity index (χ3n) is 1.80. The predicted molar refractivity (Wildman–Crippen MR) is 43.9 cm³/mol. The molecule has 0 aromatic carbocycles. The minimum Gasteiger partial charge on any atom is -0.257 e. The Balaban J connectivity index is 2.39. The van der Waals surface area contributed by atoms with E-state index in [2.05, 4.69) is 20.9 Å². The Morgan fingerprint density at radius 3 is 2.82 bits per heavy atom. The van der Waals surface area contributed by atoms with Crippen molar-refractivity contribution in [1.82, 2.24) is 4.98 Å². The summed E-state index contributed by atoms with van der Waals surface area (Å²) in [6.07, 6.45) is 3.83. The van der Waals surface area contributed by atoms with Crippen LogP contribution in [0.3, 0.4) is 0 Å². The lowest BCUT2D eigenvalue weighted by Crippen LogP contribution is -1.91. The SMILES string of the molecule is Fc1cc(Br)cnc1C1CC1. The van der Waals surface area contributed by atoms with Crippen LogP contribution in [0.2, 0.25) is 0 Å². The summed E-state index contributed by atoms with van der Waals surface area (Å²) < 4.78 is 13.8. The Hall–Kier alpha value is -0.440. The number of halogens is 2. The predicted octanol–water partition coefficient (Wildman–Crippen LogP) is 2.86. The van der Waals surface area contributed by atoms with Crippen LogP contribution in [-0.2, 0) is 0 Å². The minimum absolute atomic E-state index is 0.179. The number of nitrogens with zero attached hydrogens (tertiary/aromatic N) is 1. The molecule has 58 valence electrons. The van der Waals surface area contributed by atoms with Crippen LogP contribution in [-0.4, -0.2) is 4.98 Å². The normalized spacial score (nSPS) is 16.9. The minimum atomic E-state index is -0.179. The molecule has 1 aliphatic rings. The zero-order chi connectivity index (χ0) is 7.84. The van der Waals surface area contributed by atoms with Crippen molar-refractivity contribution in [2.24, 2.45) is 0 Å². The highest BCUT2D eigenvalue weighted by atomic mass is 79.9. The van der Waals surface area contributed by atoms with Gasteiger partial charge in [-0.3, -0.25) is 4.98 Å². The Labute approximate surface area is 72.8 Å². The van der Waals surface area contributed by atoms with Crippen LogP contribution >= 0.6 is 15.9 Å². The fourth-order valence-corrected chi connectivity index (χ4v) is 1.39. The molecular formula is C8H7BrFN. The number of aromatic nitrogens is 1. The quantitative estimate of drug-likeness (QED) is 0.703. The molecular weight excluding hydrogens is 209 g/mol. The Kier molecular flexibility index (Phi) is 1.68. The molecule has 0 bridgehead atoms. The number of pyridine rings is 1. The summed E-state index contributed by atoms with van der Waals surface area (Å²) in [5.41, 5.74) is 0.633. The molecule has 0 aliphatic heterocycles. The van der Waals surface area contributed by atoms with Gasteiger partial charge >= 0.3 is 0 Å². The van der Waals surface area contributed by atoms with E-state index in [4.69, 9.17) is 0 Å². The molecule has 0 N–H and O–H groups in total. The van der Waals surface area contributed by atoms with Crippen molar-refractivity contribution >= 4 is 15.9 Å².